The zero-order valence-corrected chi connectivity index (χ0v) is 18.9. The SMILES string of the molecule is C=C/C(Cl)=C\C=C(/C)c1cc(SCC)c(-c2nc3cc(C(F)(F)F)ncc3n2C)s1. The highest BCUT2D eigenvalue weighted by Gasteiger charge is 2.33. The Hall–Kier alpha value is -2.03. The minimum atomic E-state index is -4.51. The van der Waals surface area contributed by atoms with Crippen LogP contribution in [0.25, 0.3) is 27.3 Å². The second-order valence-corrected chi connectivity index (χ2v) is 9.19. The number of imidazole rings is 1. The molecule has 0 N–H and O–H groups in total. The molecule has 9 heteroatoms. The zero-order chi connectivity index (χ0) is 22.1. The van der Waals surface area contributed by atoms with Crippen molar-refractivity contribution < 1.29 is 13.2 Å². The van der Waals surface area contributed by atoms with Gasteiger partial charge in [-0.1, -0.05) is 37.3 Å². The highest BCUT2D eigenvalue weighted by atomic mass is 35.5. The monoisotopic (exact) mass is 469 g/mol. The van der Waals surface area contributed by atoms with Crippen LogP contribution in [0.4, 0.5) is 13.2 Å². The third-order valence-electron chi connectivity index (χ3n) is 4.33. The van der Waals surface area contributed by atoms with E-state index in [1.54, 1.807) is 46.9 Å². The fourth-order valence-corrected chi connectivity index (χ4v) is 5.02. The molecule has 0 fully saturated rings. The number of hydrogen-bond donors (Lipinski definition) is 0. The van der Waals surface area contributed by atoms with E-state index >= 15 is 0 Å². The van der Waals surface area contributed by atoms with Crippen LogP contribution in [0.5, 0.6) is 0 Å². The Balaban J connectivity index is 2.12. The summed E-state index contributed by atoms with van der Waals surface area (Å²) in [6.45, 7) is 7.66. The number of nitrogens with zero attached hydrogens (tertiary/aromatic N) is 3. The average Bonchev–Trinajstić information content (AvgIpc) is 3.26. The van der Waals surface area contributed by atoms with E-state index in [1.807, 2.05) is 13.0 Å². The van der Waals surface area contributed by atoms with Crippen LogP contribution in [-0.2, 0) is 13.2 Å². The van der Waals surface area contributed by atoms with Gasteiger partial charge in [-0.3, -0.25) is 0 Å². The Morgan fingerprint density at radius 3 is 2.70 bits per heavy atom. The van der Waals surface area contributed by atoms with E-state index in [0.717, 1.165) is 32.0 Å². The number of hydrogen-bond acceptors (Lipinski definition) is 4. The van der Waals surface area contributed by atoms with Crippen molar-refractivity contribution in [2.24, 2.45) is 7.05 Å². The van der Waals surface area contributed by atoms with E-state index in [4.69, 9.17) is 11.6 Å². The standard InChI is InChI=1S/C21H19ClF3N3S2/c1-5-13(22)8-7-12(3)16-10-17(29-6-2)19(30-16)20-27-14-9-18(21(23,24)25)26-11-15(14)28(20)4/h5,7-11H,1,6H2,2-4H3/b12-7+,13-8+. The molecule has 3 aromatic heterocycles. The molecule has 0 aromatic carbocycles. The van der Waals surface area contributed by atoms with Gasteiger partial charge in [0.1, 0.15) is 5.69 Å². The molecule has 3 heterocycles. The number of pyridine rings is 1. The molecule has 158 valence electrons. The summed E-state index contributed by atoms with van der Waals surface area (Å²) in [5, 5.41) is 0.539. The van der Waals surface area contributed by atoms with Crippen molar-refractivity contribution in [3.63, 3.8) is 0 Å². The van der Waals surface area contributed by atoms with E-state index in [2.05, 4.69) is 29.5 Å². The molecule has 0 amide bonds. The number of rotatable bonds is 6. The largest absolute Gasteiger partial charge is 0.433 e. The highest BCUT2D eigenvalue weighted by Crippen LogP contribution is 2.42. The topological polar surface area (TPSA) is 30.7 Å². The quantitative estimate of drug-likeness (QED) is 0.276. The molecular formula is C21H19ClF3N3S2. The summed E-state index contributed by atoms with van der Waals surface area (Å²) >= 11 is 9.20. The maximum absolute atomic E-state index is 13.0. The molecule has 3 nitrogen and oxygen atoms in total. The van der Waals surface area contributed by atoms with Crippen LogP contribution in [0.1, 0.15) is 24.4 Å². The second-order valence-electron chi connectivity index (χ2n) is 6.39. The minimum absolute atomic E-state index is 0.269. The van der Waals surface area contributed by atoms with Gasteiger partial charge in [0.2, 0.25) is 0 Å². The lowest BCUT2D eigenvalue weighted by Crippen LogP contribution is -2.07. The number of alkyl halides is 3. The van der Waals surface area contributed by atoms with Crippen LogP contribution >= 0.6 is 34.7 Å². The summed E-state index contributed by atoms with van der Waals surface area (Å²) in [7, 11) is 1.79. The number of thioether (sulfide) groups is 1. The number of thiophene rings is 1. The van der Waals surface area contributed by atoms with Gasteiger partial charge < -0.3 is 4.57 Å². The van der Waals surface area contributed by atoms with Crippen LogP contribution in [0.3, 0.4) is 0 Å². The fraction of sp³-hybridized carbons (Fsp3) is 0.238. The van der Waals surface area contributed by atoms with Gasteiger partial charge >= 0.3 is 6.18 Å². The van der Waals surface area contributed by atoms with Gasteiger partial charge in [-0.05, 0) is 36.5 Å². The summed E-state index contributed by atoms with van der Waals surface area (Å²) in [4.78, 5) is 11.1. The van der Waals surface area contributed by atoms with E-state index in [1.165, 1.54) is 6.20 Å². The van der Waals surface area contributed by atoms with Crippen molar-refractivity contribution >= 4 is 51.3 Å². The molecule has 0 saturated carbocycles. The molecule has 0 aliphatic carbocycles. The van der Waals surface area contributed by atoms with E-state index < -0.39 is 11.9 Å². The number of fused-ring (bicyclic) bond motifs is 1. The first-order valence-electron chi connectivity index (χ1n) is 8.99. The zero-order valence-electron chi connectivity index (χ0n) is 16.5. The summed E-state index contributed by atoms with van der Waals surface area (Å²) in [6, 6.07) is 3.07. The predicted molar refractivity (Wildman–Crippen MR) is 121 cm³/mol. The van der Waals surface area contributed by atoms with Crippen LogP contribution in [0, 0.1) is 0 Å². The van der Waals surface area contributed by atoms with E-state index in [-0.39, 0.29) is 5.52 Å². The van der Waals surface area contributed by atoms with Gasteiger partial charge in [-0.15, -0.1) is 23.1 Å². The van der Waals surface area contributed by atoms with Gasteiger partial charge in [0.15, 0.2) is 5.82 Å². The Morgan fingerprint density at radius 2 is 2.07 bits per heavy atom. The second kappa shape index (κ2) is 8.99. The van der Waals surface area contributed by atoms with Gasteiger partial charge in [-0.25, -0.2) is 9.97 Å². The Morgan fingerprint density at radius 1 is 1.33 bits per heavy atom. The minimum Gasteiger partial charge on any atom is -0.325 e. The maximum Gasteiger partial charge on any atom is 0.433 e. The third-order valence-corrected chi connectivity index (χ3v) is 6.93. The van der Waals surface area contributed by atoms with Gasteiger partial charge in [0.05, 0.1) is 22.1 Å². The third kappa shape index (κ3) is 4.66. The summed E-state index contributed by atoms with van der Waals surface area (Å²) in [6.07, 6.45) is 1.96. The Labute approximate surface area is 186 Å². The maximum atomic E-state index is 13.0. The van der Waals surface area contributed by atoms with Crippen molar-refractivity contribution in [1.29, 1.82) is 0 Å². The molecular weight excluding hydrogens is 451 g/mol. The lowest BCUT2D eigenvalue weighted by atomic mass is 10.2. The normalized spacial score (nSPS) is 13.3. The first kappa shape index (κ1) is 22.7. The molecule has 0 radical (unpaired) electrons. The molecule has 0 atom stereocenters. The van der Waals surface area contributed by atoms with Crippen molar-refractivity contribution in [1.82, 2.24) is 14.5 Å². The fourth-order valence-electron chi connectivity index (χ4n) is 2.79. The van der Waals surface area contributed by atoms with Crippen LogP contribution in [0.2, 0.25) is 0 Å². The molecule has 0 unspecified atom stereocenters. The molecule has 30 heavy (non-hydrogen) atoms. The van der Waals surface area contributed by atoms with Crippen molar-refractivity contribution in [2.45, 2.75) is 24.9 Å². The average molecular weight is 470 g/mol. The van der Waals surface area contributed by atoms with Crippen molar-refractivity contribution in [3.05, 3.63) is 58.7 Å². The molecule has 0 bridgehead atoms. The number of halogens is 4. The van der Waals surface area contributed by atoms with Crippen molar-refractivity contribution in [2.75, 3.05) is 5.75 Å². The molecule has 0 aliphatic rings. The highest BCUT2D eigenvalue weighted by molar-refractivity contribution is 7.99. The van der Waals surface area contributed by atoms with Gasteiger partial charge in [-0.2, -0.15) is 13.2 Å². The predicted octanol–water partition coefficient (Wildman–Crippen LogP) is 7.54. The van der Waals surface area contributed by atoms with E-state index in [0.29, 0.717) is 16.4 Å². The molecule has 3 aromatic rings. The summed E-state index contributed by atoms with van der Waals surface area (Å²) in [5.74, 6) is 1.48. The summed E-state index contributed by atoms with van der Waals surface area (Å²) < 4.78 is 40.9. The molecule has 3 rings (SSSR count). The lowest BCUT2D eigenvalue weighted by Gasteiger charge is -2.05. The lowest BCUT2D eigenvalue weighted by molar-refractivity contribution is -0.141. The molecule has 0 saturated heterocycles. The Kier molecular flexibility index (Phi) is 6.79. The number of aryl methyl sites for hydroxylation is 1. The van der Waals surface area contributed by atoms with Crippen LogP contribution in [0.15, 0.2) is 53.1 Å². The smallest absolute Gasteiger partial charge is 0.325 e. The van der Waals surface area contributed by atoms with Crippen LogP contribution in [-0.4, -0.2) is 20.3 Å². The van der Waals surface area contributed by atoms with E-state index in [9.17, 15) is 13.2 Å². The van der Waals surface area contributed by atoms with Gasteiger partial charge in [0, 0.05) is 21.9 Å². The first-order chi connectivity index (χ1) is 14.2. The summed E-state index contributed by atoms with van der Waals surface area (Å²) in [5.41, 5.74) is 0.891. The molecule has 0 spiro atoms. The Bertz CT molecular complexity index is 1160. The number of allylic oxidation sites excluding steroid dienone is 5. The van der Waals surface area contributed by atoms with Crippen molar-refractivity contribution in [3.8, 4) is 10.7 Å². The first-order valence-corrected chi connectivity index (χ1v) is 11.2. The van der Waals surface area contributed by atoms with Crippen LogP contribution < -0.4 is 0 Å². The number of aromatic nitrogens is 3. The molecule has 0 aliphatic heterocycles. The van der Waals surface area contributed by atoms with Gasteiger partial charge in [0.25, 0.3) is 0 Å².